The molecule has 0 radical (unpaired) electrons. The molecule has 0 aromatic rings. The van der Waals surface area contributed by atoms with Gasteiger partial charge in [0, 0.05) is 13.2 Å². The first-order chi connectivity index (χ1) is 7.02. The third-order valence-corrected chi connectivity index (χ3v) is 2.45. The lowest BCUT2D eigenvalue weighted by Gasteiger charge is -2.23. The first-order valence-corrected chi connectivity index (χ1v) is 4.97. The molecular weight excluding hydrogens is 214 g/mol. The molecule has 2 nitrogen and oxygen atoms in total. The van der Waals surface area contributed by atoms with Crippen molar-refractivity contribution in [2.45, 2.75) is 25.2 Å². The van der Waals surface area contributed by atoms with Crippen LogP contribution in [0.2, 0.25) is 0 Å². The molecule has 1 N–H and O–H groups in total. The van der Waals surface area contributed by atoms with Gasteiger partial charge in [-0.25, -0.2) is 8.78 Å². The largest absolute Gasteiger partial charge is 0.381 e. The highest BCUT2D eigenvalue weighted by Gasteiger charge is 2.40. The van der Waals surface area contributed by atoms with E-state index < -0.39 is 18.9 Å². The number of ether oxygens (including phenoxy) is 1. The van der Waals surface area contributed by atoms with Gasteiger partial charge in [0.05, 0.1) is 6.54 Å². The molecule has 1 fully saturated rings. The van der Waals surface area contributed by atoms with Crippen molar-refractivity contribution in [3.8, 4) is 0 Å². The van der Waals surface area contributed by atoms with Crippen LogP contribution in [0.25, 0.3) is 0 Å². The van der Waals surface area contributed by atoms with Gasteiger partial charge in [-0.2, -0.15) is 8.78 Å². The Hall–Kier alpha value is -0.360. The van der Waals surface area contributed by atoms with Crippen LogP contribution >= 0.6 is 0 Å². The monoisotopic (exact) mass is 229 g/mol. The SMILES string of the molecule is FC(F)C(F)(F)CNCC1CCOCC1. The van der Waals surface area contributed by atoms with Crippen LogP contribution in [-0.4, -0.2) is 38.7 Å². The van der Waals surface area contributed by atoms with Gasteiger partial charge in [0.25, 0.3) is 0 Å². The van der Waals surface area contributed by atoms with E-state index in [-0.39, 0.29) is 5.92 Å². The highest BCUT2D eigenvalue weighted by atomic mass is 19.3. The van der Waals surface area contributed by atoms with Crippen molar-refractivity contribution in [1.29, 1.82) is 0 Å². The average molecular weight is 229 g/mol. The molecule has 0 aromatic carbocycles. The van der Waals surface area contributed by atoms with E-state index in [0.29, 0.717) is 19.8 Å². The maximum absolute atomic E-state index is 12.5. The fourth-order valence-electron chi connectivity index (χ4n) is 1.47. The molecule has 90 valence electrons. The molecule has 15 heavy (non-hydrogen) atoms. The third kappa shape index (κ3) is 4.34. The minimum Gasteiger partial charge on any atom is -0.381 e. The zero-order valence-electron chi connectivity index (χ0n) is 8.32. The van der Waals surface area contributed by atoms with E-state index in [1.807, 2.05) is 0 Å². The molecular formula is C9H15F4NO. The number of hydrogen-bond acceptors (Lipinski definition) is 2. The molecule has 1 rings (SSSR count). The molecule has 0 amide bonds. The molecule has 0 spiro atoms. The lowest BCUT2D eigenvalue weighted by molar-refractivity contribution is -0.125. The van der Waals surface area contributed by atoms with Gasteiger partial charge >= 0.3 is 12.3 Å². The van der Waals surface area contributed by atoms with Gasteiger partial charge in [-0.3, -0.25) is 0 Å². The molecule has 1 aliphatic rings. The van der Waals surface area contributed by atoms with Gasteiger partial charge in [0.1, 0.15) is 0 Å². The van der Waals surface area contributed by atoms with E-state index in [2.05, 4.69) is 5.32 Å². The van der Waals surface area contributed by atoms with Gasteiger partial charge < -0.3 is 10.1 Å². The van der Waals surface area contributed by atoms with Crippen LogP contribution in [0, 0.1) is 5.92 Å². The fourth-order valence-corrected chi connectivity index (χ4v) is 1.47. The molecule has 0 bridgehead atoms. The molecule has 1 aliphatic heterocycles. The summed E-state index contributed by atoms with van der Waals surface area (Å²) in [4.78, 5) is 0. The van der Waals surface area contributed by atoms with Crippen LogP contribution in [0.1, 0.15) is 12.8 Å². The van der Waals surface area contributed by atoms with E-state index >= 15 is 0 Å². The van der Waals surface area contributed by atoms with Crippen molar-refractivity contribution in [2.75, 3.05) is 26.3 Å². The standard InChI is InChI=1S/C9H15F4NO/c10-8(11)9(12,13)6-14-5-7-1-3-15-4-2-7/h7-8,14H,1-6H2. The molecule has 1 saturated heterocycles. The van der Waals surface area contributed by atoms with E-state index in [1.165, 1.54) is 0 Å². The minimum atomic E-state index is -3.93. The number of alkyl halides is 4. The summed E-state index contributed by atoms with van der Waals surface area (Å²) < 4.78 is 53.6. The molecule has 0 aromatic heterocycles. The number of halogens is 4. The summed E-state index contributed by atoms with van der Waals surface area (Å²) in [6.45, 7) is 0.642. The zero-order valence-corrected chi connectivity index (χ0v) is 8.32. The Kier molecular flexibility index (Phi) is 4.79. The third-order valence-electron chi connectivity index (χ3n) is 2.45. The second-order valence-corrected chi connectivity index (χ2v) is 3.75. The Labute approximate surface area is 86.0 Å². The molecule has 1 heterocycles. The van der Waals surface area contributed by atoms with Crippen molar-refractivity contribution < 1.29 is 22.3 Å². The van der Waals surface area contributed by atoms with Crippen LogP contribution in [0.15, 0.2) is 0 Å². The van der Waals surface area contributed by atoms with E-state index in [4.69, 9.17) is 4.74 Å². The summed E-state index contributed by atoms with van der Waals surface area (Å²) in [5.74, 6) is -3.67. The first kappa shape index (κ1) is 12.7. The number of hydrogen-bond donors (Lipinski definition) is 1. The Bertz CT molecular complexity index is 183. The van der Waals surface area contributed by atoms with Crippen molar-refractivity contribution in [1.82, 2.24) is 5.32 Å². The summed E-state index contributed by atoms with van der Waals surface area (Å²) >= 11 is 0. The summed E-state index contributed by atoms with van der Waals surface area (Å²) in [6, 6.07) is 0. The summed E-state index contributed by atoms with van der Waals surface area (Å²) in [7, 11) is 0. The van der Waals surface area contributed by atoms with Gasteiger partial charge in [0.15, 0.2) is 0 Å². The molecule has 0 saturated carbocycles. The predicted molar refractivity (Wildman–Crippen MR) is 47.4 cm³/mol. The molecule has 0 aliphatic carbocycles. The lowest BCUT2D eigenvalue weighted by atomic mass is 10.0. The lowest BCUT2D eigenvalue weighted by Crippen LogP contribution is -2.41. The maximum Gasteiger partial charge on any atom is 0.319 e. The Morgan fingerprint density at radius 2 is 1.87 bits per heavy atom. The van der Waals surface area contributed by atoms with E-state index in [9.17, 15) is 17.6 Å². The fraction of sp³-hybridized carbons (Fsp3) is 1.00. The second kappa shape index (κ2) is 5.65. The van der Waals surface area contributed by atoms with Gasteiger partial charge in [-0.05, 0) is 25.3 Å². The highest BCUT2D eigenvalue weighted by Crippen LogP contribution is 2.22. The summed E-state index contributed by atoms with van der Waals surface area (Å²) in [5, 5.41) is 2.39. The topological polar surface area (TPSA) is 21.3 Å². The average Bonchev–Trinajstić information content (AvgIpc) is 2.19. The predicted octanol–water partition coefficient (Wildman–Crippen LogP) is 1.90. The highest BCUT2D eigenvalue weighted by molar-refractivity contribution is 4.74. The van der Waals surface area contributed by atoms with Crippen molar-refractivity contribution >= 4 is 0 Å². The van der Waals surface area contributed by atoms with Gasteiger partial charge in [-0.15, -0.1) is 0 Å². The van der Waals surface area contributed by atoms with Crippen molar-refractivity contribution in [3.05, 3.63) is 0 Å². The van der Waals surface area contributed by atoms with Crippen LogP contribution in [0.3, 0.4) is 0 Å². The van der Waals surface area contributed by atoms with E-state index in [1.54, 1.807) is 0 Å². The van der Waals surface area contributed by atoms with Gasteiger partial charge in [0.2, 0.25) is 0 Å². The second-order valence-electron chi connectivity index (χ2n) is 3.75. The molecule has 6 heteroatoms. The number of nitrogens with one attached hydrogen (secondary N) is 1. The van der Waals surface area contributed by atoms with Crippen molar-refractivity contribution in [2.24, 2.45) is 5.92 Å². The van der Waals surface area contributed by atoms with Crippen LogP contribution < -0.4 is 5.32 Å². The summed E-state index contributed by atoms with van der Waals surface area (Å²) in [5.41, 5.74) is 0. The maximum atomic E-state index is 12.5. The molecule has 0 unspecified atom stereocenters. The Balaban J connectivity index is 2.14. The van der Waals surface area contributed by atoms with Crippen LogP contribution in [-0.2, 0) is 4.74 Å². The minimum absolute atomic E-state index is 0.257. The number of rotatable bonds is 5. The van der Waals surface area contributed by atoms with Crippen molar-refractivity contribution in [3.63, 3.8) is 0 Å². The van der Waals surface area contributed by atoms with E-state index in [0.717, 1.165) is 12.8 Å². The first-order valence-electron chi connectivity index (χ1n) is 4.97. The quantitative estimate of drug-likeness (QED) is 0.727. The Morgan fingerprint density at radius 1 is 1.27 bits per heavy atom. The summed E-state index contributed by atoms with van der Waals surface area (Å²) in [6.07, 6.45) is -2.00. The smallest absolute Gasteiger partial charge is 0.319 e. The van der Waals surface area contributed by atoms with Crippen LogP contribution in [0.4, 0.5) is 17.6 Å². The van der Waals surface area contributed by atoms with Crippen LogP contribution in [0.5, 0.6) is 0 Å². The zero-order chi connectivity index (χ0) is 11.3. The normalized spacial score (nSPS) is 19.8. The molecule has 0 atom stereocenters. The Morgan fingerprint density at radius 3 is 2.40 bits per heavy atom. The van der Waals surface area contributed by atoms with Gasteiger partial charge in [-0.1, -0.05) is 0 Å².